The lowest BCUT2D eigenvalue weighted by molar-refractivity contribution is 0.108. The van der Waals surface area contributed by atoms with E-state index in [1.807, 2.05) is 0 Å². The third-order valence-corrected chi connectivity index (χ3v) is 6.50. The summed E-state index contributed by atoms with van der Waals surface area (Å²) in [6, 6.07) is 8.61. The Kier molecular flexibility index (Phi) is 4.38. The van der Waals surface area contributed by atoms with Gasteiger partial charge in [0, 0.05) is 43.7 Å². The van der Waals surface area contributed by atoms with Gasteiger partial charge in [-0.05, 0) is 42.2 Å². The monoisotopic (exact) mass is 360 g/mol. The molecule has 1 saturated heterocycles. The van der Waals surface area contributed by atoms with Crippen LogP contribution in [0, 0.1) is 17.8 Å². The van der Waals surface area contributed by atoms with E-state index in [1.54, 1.807) is 0 Å². The van der Waals surface area contributed by atoms with Gasteiger partial charge in [0.1, 0.15) is 0 Å². The van der Waals surface area contributed by atoms with Gasteiger partial charge in [-0.3, -0.25) is 4.90 Å². The van der Waals surface area contributed by atoms with Crippen LogP contribution in [0.1, 0.15) is 18.4 Å². The predicted molar refractivity (Wildman–Crippen MR) is 94.7 cm³/mol. The van der Waals surface area contributed by atoms with Crippen molar-refractivity contribution in [2.24, 2.45) is 17.8 Å². The number of hydrogen-bond acceptors (Lipinski definition) is 2. The van der Waals surface area contributed by atoms with Crippen molar-refractivity contribution in [2.75, 3.05) is 32.7 Å². The first-order chi connectivity index (χ1) is 10.8. The first-order valence-corrected chi connectivity index (χ1v) is 9.43. The Morgan fingerprint density at radius 1 is 0.955 bits per heavy atom. The van der Waals surface area contributed by atoms with Crippen LogP contribution < -0.4 is 0 Å². The smallest absolute Gasteiger partial charge is 0.0246 e. The number of halogens is 1. The minimum absolute atomic E-state index is 0.892. The summed E-state index contributed by atoms with van der Waals surface area (Å²) in [6.45, 7) is 7.29. The number of piperazine rings is 1. The van der Waals surface area contributed by atoms with E-state index in [1.165, 1.54) is 55.6 Å². The Morgan fingerprint density at radius 3 is 2.41 bits per heavy atom. The fourth-order valence-electron chi connectivity index (χ4n) is 4.43. The molecule has 22 heavy (non-hydrogen) atoms. The molecule has 118 valence electrons. The maximum absolute atomic E-state index is 3.67. The molecule has 2 nitrogen and oxygen atoms in total. The van der Waals surface area contributed by atoms with Crippen LogP contribution in [0.25, 0.3) is 0 Å². The highest BCUT2D eigenvalue weighted by Crippen LogP contribution is 2.43. The molecular formula is C19H25BrN2. The zero-order valence-corrected chi connectivity index (χ0v) is 14.7. The summed E-state index contributed by atoms with van der Waals surface area (Å²) in [5.74, 6) is 2.74. The van der Waals surface area contributed by atoms with E-state index >= 15 is 0 Å². The van der Waals surface area contributed by atoms with Crippen LogP contribution >= 0.6 is 15.9 Å². The summed E-state index contributed by atoms with van der Waals surface area (Å²) in [4.78, 5) is 5.30. The molecule has 1 saturated carbocycles. The molecule has 4 rings (SSSR count). The second-order valence-corrected chi connectivity index (χ2v) is 8.06. The highest BCUT2D eigenvalue weighted by Gasteiger charge is 2.36. The van der Waals surface area contributed by atoms with Crippen molar-refractivity contribution in [2.45, 2.75) is 19.4 Å². The zero-order chi connectivity index (χ0) is 14.9. The SMILES string of the molecule is Brc1ccccc1CN1CCN(C[C@@H]2C[C@H]3C=C[C@H]2C3)CC1. The molecule has 3 atom stereocenters. The van der Waals surface area contributed by atoms with Gasteiger partial charge in [0.2, 0.25) is 0 Å². The summed E-state index contributed by atoms with van der Waals surface area (Å²) in [5.41, 5.74) is 1.41. The summed E-state index contributed by atoms with van der Waals surface area (Å²) >= 11 is 3.67. The fourth-order valence-corrected chi connectivity index (χ4v) is 4.84. The third-order valence-electron chi connectivity index (χ3n) is 5.73. The number of nitrogens with zero attached hydrogens (tertiary/aromatic N) is 2. The van der Waals surface area contributed by atoms with Crippen molar-refractivity contribution in [3.8, 4) is 0 Å². The Balaban J connectivity index is 1.26. The lowest BCUT2D eigenvalue weighted by Crippen LogP contribution is -2.47. The highest BCUT2D eigenvalue weighted by atomic mass is 79.9. The second-order valence-electron chi connectivity index (χ2n) is 7.21. The van der Waals surface area contributed by atoms with Gasteiger partial charge < -0.3 is 4.90 Å². The Labute approximate surface area is 142 Å². The van der Waals surface area contributed by atoms with Crippen molar-refractivity contribution in [3.05, 3.63) is 46.5 Å². The van der Waals surface area contributed by atoms with Gasteiger partial charge in [-0.1, -0.05) is 46.3 Å². The van der Waals surface area contributed by atoms with E-state index in [4.69, 9.17) is 0 Å². The third kappa shape index (κ3) is 3.17. The van der Waals surface area contributed by atoms with Gasteiger partial charge in [-0.15, -0.1) is 0 Å². The number of benzene rings is 1. The van der Waals surface area contributed by atoms with E-state index in [0.29, 0.717) is 0 Å². The summed E-state index contributed by atoms with van der Waals surface area (Å²) < 4.78 is 1.24. The fraction of sp³-hybridized carbons (Fsp3) is 0.579. The number of fused-ring (bicyclic) bond motifs is 2. The van der Waals surface area contributed by atoms with Crippen LogP contribution in [-0.2, 0) is 6.54 Å². The topological polar surface area (TPSA) is 6.48 Å². The molecule has 1 heterocycles. The lowest BCUT2D eigenvalue weighted by Gasteiger charge is -2.37. The van der Waals surface area contributed by atoms with Crippen molar-refractivity contribution in [1.82, 2.24) is 9.80 Å². The van der Waals surface area contributed by atoms with Gasteiger partial charge in [-0.25, -0.2) is 0 Å². The second kappa shape index (κ2) is 6.46. The van der Waals surface area contributed by atoms with Gasteiger partial charge in [0.15, 0.2) is 0 Å². The van der Waals surface area contributed by atoms with E-state index in [9.17, 15) is 0 Å². The molecule has 0 amide bonds. The minimum Gasteiger partial charge on any atom is -0.300 e. The summed E-state index contributed by atoms with van der Waals surface area (Å²) in [5, 5.41) is 0. The Hall–Kier alpha value is -0.640. The molecule has 0 spiro atoms. The largest absolute Gasteiger partial charge is 0.300 e. The molecule has 3 heteroatoms. The summed E-state index contributed by atoms with van der Waals surface area (Å²) in [7, 11) is 0. The van der Waals surface area contributed by atoms with Gasteiger partial charge in [0.25, 0.3) is 0 Å². The molecule has 1 aromatic carbocycles. The summed E-state index contributed by atoms with van der Waals surface area (Å²) in [6.07, 6.45) is 7.82. The normalized spacial score (nSPS) is 32.0. The molecule has 2 bridgehead atoms. The molecular weight excluding hydrogens is 336 g/mol. The van der Waals surface area contributed by atoms with E-state index in [-0.39, 0.29) is 0 Å². The molecule has 0 N–H and O–H groups in total. The zero-order valence-electron chi connectivity index (χ0n) is 13.1. The quantitative estimate of drug-likeness (QED) is 0.753. The molecule has 0 radical (unpaired) electrons. The van der Waals surface area contributed by atoms with Gasteiger partial charge >= 0.3 is 0 Å². The van der Waals surface area contributed by atoms with Crippen molar-refractivity contribution in [1.29, 1.82) is 0 Å². The molecule has 0 aromatic heterocycles. The molecule has 1 aliphatic heterocycles. The average molecular weight is 361 g/mol. The number of hydrogen-bond donors (Lipinski definition) is 0. The first-order valence-electron chi connectivity index (χ1n) is 8.64. The molecule has 2 aliphatic carbocycles. The van der Waals surface area contributed by atoms with Crippen LogP contribution in [0.3, 0.4) is 0 Å². The molecule has 2 fully saturated rings. The van der Waals surface area contributed by atoms with Crippen LogP contribution in [0.5, 0.6) is 0 Å². The van der Waals surface area contributed by atoms with Gasteiger partial charge in [0.05, 0.1) is 0 Å². The lowest BCUT2D eigenvalue weighted by atomic mass is 9.93. The van der Waals surface area contributed by atoms with E-state index in [0.717, 1.165) is 24.3 Å². The van der Waals surface area contributed by atoms with E-state index in [2.05, 4.69) is 62.1 Å². The minimum atomic E-state index is 0.892. The molecule has 1 aromatic rings. The van der Waals surface area contributed by atoms with Crippen molar-refractivity contribution < 1.29 is 0 Å². The van der Waals surface area contributed by atoms with Crippen LogP contribution in [0.15, 0.2) is 40.9 Å². The number of rotatable bonds is 4. The highest BCUT2D eigenvalue weighted by molar-refractivity contribution is 9.10. The Bertz CT molecular complexity index is 548. The van der Waals surface area contributed by atoms with Crippen molar-refractivity contribution >= 4 is 15.9 Å². The van der Waals surface area contributed by atoms with Crippen LogP contribution in [0.4, 0.5) is 0 Å². The van der Waals surface area contributed by atoms with Crippen LogP contribution in [-0.4, -0.2) is 42.5 Å². The maximum atomic E-state index is 3.67. The Morgan fingerprint density at radius 2 is 1.73 bits per heavy atom. The average Bonchev–Trinajstić information content (AvgIpc) is 3.14. The van der Waals surface area contributed by atoms with E-state index < -0.39 is 0 Å². The van der Waals surface area contributed by atoms with Crippen LogP contribution in [0.2, 0.25) is 0 Å². The molecule has 0 unspecified atom stereocenters. The number of allylic oxidation sites excluding steroid dienone is 2. The van der Waals surface area contributed by atoms with Crippen molar-refractivity contribution in [3.63, 3.8) is 0 Å². The van der Waals surface area contributed by atoms with Gasteiger partial charge in [-0.2, -0.15) is 0 Å². The first kappa shape index (κ1) is 14.9. The maximum Gasteiger partial charge on any atom is 0.0246 e. The molecule has 3 aliphatic rings. The predicted octanol–water partition coefficient (Wildman–Crippen LogP) is 3.78. The standard InChI is InChI=1S/C19H25BrN2/c20-19-4-2-1-3-17(19)13-21-7-9-22(10-8-21)14-18-12-15-5-6-16(18)11-15/h1-6,15-16,18H,7-14H2/t15-,16-,18-/m0/s1.